The van der Waals surface area contributed by atoms with Gasteiger partial charge in [-0.1, -0.05) is 192 Å². The lowest BCUT2D eigenvalue weighted by atomic mass is 9.83. The Morgan fingerprint density at radius 2 is 0.880 bits per heavy atom. The lowest BCUT2D eigenvalue weighted by Gasteiger charge is -2.38. The van der Waals surface area contributed by atoms with Crippen LogP contribution in [0.15, 0.2) is 60.7 Å². The van der Waals surface area contributed by atoms with E-state index in [0.717, 1.165) is 29.6 Å². The van der Waals surface area contributed by atoms with Gasteiger partial charge in [-0.3, -0.25) is 52.7 Å². The Morgan fingerprint density at radius 1 is 0.528 bits per heavy atom. The van der Waals surface area contributed by atoms with E-state index in [9.17, 15) is 67.4 Å². The van der Waals surface area contributed by atoms with E-state index in [-0.39, 0.29) is 114 Å². The molecule has 7 unspecified atom stereocenters. The Morgan fingerprint density at radius 3 is 1.22 bits per heavy atom. The second kappa shape index (κ2) is 36.3. The van der Waals surface area contributed by atoms with Crippen molar-refractivity contribution in [1.29, 1.82) is 0 Å². The highest BCUT2D eigenvalue weighted by Gasteiger charge is 2.71. The molecule has 25 heteroatoms. The fourth-order valence-corrected chi connectivity index (χ4v) is 15.2. The Bertz CT molecular complexity index is 3580. The first-order chi connectivity index (χ1) is 49.8. The van der Waals surface area contributed by atoms with Gasteiger partial charge in [-0.25, -0.2) is 9.59 Å². The number of hydrogen-bond donors (Lipinski definition) is 5. The molecule has 5 N–H and O–H groups in total. The number of alkyl halides is 1. The largest absolute Gasteiger partial charge is 0.444 e. The van der Waals surface area contributed by atoms with Gasteiger partial charge in [-0.15, -0.1) is 0 Å². The molecule has 2 saturated heterocycles. The molecule has 4 aliphatic carbocycles. The highest BCUT2D eigenvalue weighted by molar-refractivity contribution is 14.1. The van der Waals surface area contributed by atoms with Gasteiger partial charge in [0.25, 0.3) is 0 Å². The molecule has 24 nitrogen and oxygen atoms in total. The number of Topliss-reactive ketones (excluding diaryl/α,β-unsaturated/α-hetero) is 5. The molecular weight excluding hydrogens is 1490 g/mol. The standard InChI is InChI=1S/C40H60N4O8.C40H58N4O8.C3H7I/c2*1-38(2,3)34(42-37(51)52-39(4,5)6)36(50)44-22-26-30(40(26,7)8)32(44)28(46)21-25(20-23-16-17-23)33(48)27(45)18-19-29(47)41-31(35(49)43(9)10)24-14-12-11-13-15-24;1-3(2)4/h11-15,23,25-26,30-34,48H,16-22H2,1-10H3,(H,41,47)(H,42,51);11-15,23,25-26,30-32,34H,16-22H2,1-10H3,(H,41,47)(H,42,51);3H,1-2H3/t25?,26?,30-,31-,32?,33?,34+;25?,26?,30-,31-,32?,34+;/m00./s1. The molecular formula is C83H125IN8O16. The number of ketones is 5. The Labute approximate surface area is 654 Å². The summed E-state index contributed by atoms with van der Waals surface area (Å²) in [7, 11) is 6.37. The minimum absolute atomic E-state index is 0.0772. The zero-order valence-electron chi connectivity index (χ0n) is 68.1. The SMILES string of the molecule is CC(C)I.CN(C)C(=O)[C@@H](NC(=O)CCC(=O)C(=O)C(CC(=O)C1[C@@H]2C(CN1C(=O)[C@@H](NC(=O)OC(C)(C)C)C(C)(C)C)C2(C)C)CC1CC1)c1ccccc1.CN(C)C(=O)[C@@H](NC(=O)CCC(=O)C(O)C(CC(=O)C1[C@@H]2C(CN1C(=O)[C@@H](NC(=O)OC(C)(C)C)C(C)(C)C)C2(C)C)CC1CC1)c1ccccc1. The summed E-state index contributed by atoms with van der Waals surface area (Å²) in [6.07, 6.45) is 0.280. The molecule has 2 aromatic carbocycles. The van der Waals surface area contributed by atoms with Crippen molar-refractivity contribution in [2.75, 3.05) is 41.3 Å². The van der Waals surface area contributed by atoms with E-state index in [2.05, 4.69) is 85.4 Å². The average Bonchev–Trinajstić information content (AvgIpc) is 1.53. The molecule has 8 amide bonds. The molecule has 0 aromatic heterocycles. The summed E-state index contributed by atoms with van der Waals surface area (Å²) in [6.45, 7) is 34.8. The van der Waals surface area contributed by atoms with Crippen LogP contribution in [0.2, 0.25) is 0 Å². The van der Waals surface area contributed by atoms with Crippen LogP contribution < -0.4 is 21.3 Å². The van der Waals surface area contributed by atoms with Gasteiger partial charge in [0.2, 0.25) is 41.2 Å². The number of hydrogen-bond acceptors (Lipinski definition) is 16. The molecule has 4 saturated carbocycles. The van der Waals surface area contributed by atoms with Crippen LogP contribution in [-0.2, 0) is 62.2 Å². The summed E-state index contributed by atoms with van der Waals surface area (Å²) >= 11 is 2.34. The number of amides is 8. The van der Waals surface area contributed by atoms with Crippen LogP contribution in [0.3, 0.4) is 0 Å². The molecule has 0 bridgehead atoms. The quantitative estimate of drug-likeness (QED) is 0.0276. The number of carbonyl (C=O) groups excluding carboxylic acids is 13. The molecule has 8 rings (SSSR count). The number of ether oxygens (including phenoxy) is 2. The predicted molar refractivity (Wildman–Crippen MR) is 419 cm³/mol. The van der Waals surface area contributed by atoms with E-state index in [4.69, 9.17) is 9.47 Å². The molecule has 2 heterocycles. The molecule has 2 aromatic rings. The van der Waals surface area contributed by atoms with Gasteiger partial charge in [0.1, 0.15) is 41.5 Å². The highest BCUT2D eigenvalue weighted by atomic mass is 127. The number of aliphatic hydroxyl groups excluding tert-OH is 1. The third-order valence-electron chi connectivity index (χ3n) is 21.6. The second-order valence-corrected chi connectivity index (χ2v) is 39.3. The Kier molecular flexibility index (Phi) is 30.2. The maximum Gasteiger partial charge on any atom is 0.408 e. The number of carbonyl (C=O) groups is 13. The maximum absolute atomic E-state index is 14.3. The molecule has 0 spiro atoms. The summed E-state index contributed by atoms with van der Waals surface area (Å²) in [5.41, 5.74) is -2.06. The molecule has 2 aliphatic heterocycles. The monoisotopic (exact) mass is 1620 g/mol. The van der Waals surface area contributed by atoms with E-state index >= 15 is 0 Å². The molecule has 0 radical (unpaired) electrons. The van der Waals surface area contributed by atoms with Gasteiger partial charge in [0, 0.05) is 89.6 Å². The highest BCUT2D eigenvalue weighted by Crippen LogP contribution is 2.66. The summed E-state index contributed by atoms with van der Waals surface area (Å²) < 4.78 is 11.7. The number of halogens is 1. The Hall–Kier alpha value is -7.16. The van der Waals surface area contributed by atoms with Crippen molar-refractivity contribution in [3.05, 3.63) is 71.8 Å². The number of benzene rings is 2. The molecule has 6 aliphatic rings. The number of fused-ring (bicyclic) bond motifs is 2. The van der Waals surface area contributed by atoms with Crippen molar-refractivity contribution >= 4 is 99.1 Å². The zero-order chi connectivity index (χ0) is 81.4. The minimum atomic E-state index is -1.46. The molecule has 108 heavy (non-hydrogen) atoms. The van der Waals surface area contributed by atoms with Crippen LogP contribution >= 0.6 is 22.6 Å². The summed E-state index contributed by atoms with van der Waals surface area (Å²) in [4.78, 5) is 181. The number of alkyl carbamates (subject to hydrolysis) is 2. The number of rotatable bonds is 30. The van der Waals surface area contributed by atoms with Gasteiger partial charge >= 0.3 is 12.2 Å². The number of piperidine rings is 2. The maximum atomic E-state index is 14.3. The fraction of sp³-hybridized carbons (Fsp3) is 0.699. The number of nitrogens with one attached hydrogen (secondary N) is 4. The van der Waals surface area contributed by atoms with Crippen molar-refractivity contribution in [2.45, 2.75) is 259 Å². The van der Waals surface area contributed by atoms with Crippen molar-refractivity contribution in [1.82, 2.24) is 40.9 Å². The van der Waals surface area contributed by atoms with Gasteiger partial charge in [0.05, 0.1) is 12.1 Å². The number of aliphatic hydroxyl groups is 1. The van der Waals surface area contributed by atoms with Gasteiger partial charge in [-0.05, 0) is 129 Å². The molecule has 13 atom stereocenters. The van der Waals surface area contributed by atoms with E-state index < -0.39 is 118 Å². The van der Waals surface area contributed by atoms with E-state index in [1.165, 1.54) is 9.80 Å². The normalized spacial score (nSPS) is 22.1. The molecule has 600 valence electrons. The summed E-state index contributed by atoms with van der Waals surface area (Å²) in [5, 5.41) is 22.3. The first-order valence-corrected chi connectivity index (χ1v) is 39.7. The lowest BCUT2D eigenvalue weighted by Crippen LogP contribution is -2.58. The molecule has 6 fully saturated rings. The average molecular weight is 1620 g/mol. The zero-order valence-corrected chi connectivity index (χ0v) is 70.3. The van der Waals surface area contributed by atoms with Crippen LogP contribution in [0.1, 0.15) is 225 Å². The number of nitrogens with zero attached hydrogens (tertiary/aromatic N) is 4. The van der Waals surface area contributed by atoms with Crippen molar-refractivity contribution in [3.63, 3.8) is 0 Å². The predicted octanol–water partition coefficient (Wildman–Crippen LogP) is 10.9. The van der Waals surface area contributed by atoms with E-state index in [0.29, 0.717) is 43.0 Å². The van der Waals surface area contributed by atoms with Crippen LogP contribution in [0, 0.1) is 69.0 Å². The van der Waals surface area contributed by atoms with Crippen molar-refractivity contribution < 1.29 is 76.9 Å². The van der Waals surface area contributed by atoms with Gasteiger partial charge in [0.15, 0.2) is 23.1 Å². The third kappa shape index (κ3) is 24.9. The first-order valence-electron chi connectivity index (χ1n) is 38.5. The van der Waals surface area contributed by atoms with E-state index in [1.807, 2.05) is 47.6 Å². The van der Waals surface area contributed by atoms with Crippen LogP contribution in [0.5, 0.6) is 0 Å². The number of likely N-dealkylation sites (N-methyl/N-ethyl adjacent to an activating group) is 2. The fourth-order valence-electron chi connectivity index (χ4n) is 15.2. The van der Waals surface area contributed by atoms with Crippen molar-refractivity contribution in [3.8, 4) is 0 Å². The number of likely N-dealkylation sites (tertiary alicyclic amines) is 2. The topological polar surface area (TPSA) is 322 Å². The van der Waals surface area contributed by atoms with Crippen LogP contribution in [-0.4, -0.2) is 188 Å². The van der Waals surface area contributed by atoms with Gasteiger partial charge in [-0.2, -0.15) is 0 Å². The summed E-state index contributed by atoms with van der Waals surface area (Å²) in [6, 6.07) is 12.3. The Balaban J connectivity index is 0.000000322. The van der Waals surface area contributed by atoms with Gasteiger partial charge < -0.3 is 55.4 Å². The lowest BCUT2D eigenvalue weighted by molar-refractivity contribution is -0.145. The van der Waals surface area contributed by atoms with E-state index in [1.54, 1.807) is 134 Å². The minimum Gasteiger partial charge on any atom is -0.444 e. The van der Waals surface area contributed by atoms with Crippen LogP contribution in [0.25, 0.3) is 0 Å². The summed E-state index contributed by atoms with van der Waals surface area (Å²) in [5.74, 6) is -5.86. The van der Waals surface area contributed by atoms with Crippen molar-refractivity contribution in [2.24, 2.45) is 69.0 Å². The van der Waals surface area contributed by atoms with Crippen LogP contribution in [0.4, 0.5) is 9.59 Å². The third-order valence-corrected chi connectivity index (χ3v) is 21.6. The first kappa shape index (κ1) is 89.7. The second-order valence-electron chi connectivity index (χ2n) is 36.8. The smallest absolute Gasteiger partial charge is 0.408 e.